The molecule has 0 saturated carbocycles. The molecule has 1 amide bonds. The first kappa shape index (κ1) is 19.9. The van der Waals surface area contributed by atoms with Gasteiger partial charge >= 0.3 is 11.9 Å². The molecule has 3 rings (SSSR count). The number of phenolic OH excluding ortho intramolecular Hbond substituents is 1. The fraction of sp³-hybridized carbons (Fsp3) is 0.136. The van der Waals surface area contributed by atoms with E-state index in [2.05, 4.69) is 4.74 Å². The van der Waals surface area contributed by atoms with E-state index >= 15 is 0 Å². The first-order valence-corrected chi connectivity index (χ1v) is 8.70. The van der Waals surface area contributed by atoms with Crippen molar-refractivity contribution < 1.29 is 29.0 Å². The highest BCUT2D eigenvalue weighted by atomic mass is 16.5. The van der Waals surface area contributed by atoms with Crippen molar-refractivity contribution >= 4 is 29.6 Å². The van der Waals surface area contributed by atoms with Gasteiger partial charge in [-0.1, -0.05) is 12.1 Å². The fourth-order valence-electron chi connectivity index (χ4n) is 3.14. The summed E-state index contributed by atoms with van der Waals surface area (Å²) in [5, 5.41) is 9.68. The normalized spacial score (nSPS) is 15.1. The molecule has 1 N–H and O–H groups in total. The Hall–Kier alpha value is -3.87. The van der Waals surface area contributed by atoms with Crippen LogP contribution < -0.4 is 4.90 Å². The van der Waals surface area contributed by atoms with Gasteiger partial charge in [0.25, 0.3) is 5.91 Å². The summed E-state index contributed by atoms with van der Waals surface area (Å²) in [6.07, 6.45) is 1.53. The fourth-order valence-corrected chi connectivity index (χ4v) is 3.14. The van der Waals surface area contributed by atoms with Crippen LogP contribution in [0.2, 0.25) is 0 Å². The molecule has 0 spiro atoms. The number of ether oxygens (including phenoxy) is 2. The van der Waals surface area contributed by atoms with Crippen LogP contribution in [-0.4, -0.2) is 37.2 Å². The lowest BCUT2D eigenvalue weighted by Gasteiger charge is -2.18. The summed E-state index contributed by atoms with van der Waals surface area (Å²) in [6.45, 7) is 1.64. The van der Waals surface area contributed by atoms with Crippen LogP contribution in [0.1, 0.15) is 22.8 Å². The Morgan fingerprint density at radius 3 is 2.24 bits per heavy atom. The van der Waals surface area contributed by atoms with Gasteiger partial charge in [-0.3, -0.25) is 9.69 Å². The topological polar surface area (TPSA) is 93.1 Å². The lowest BCUT2D eigenvalue weighted by Crippen LogP contribution is -2.24. The molecule has 7 heteroatoms. The van der Waals surface area contributed by atoms with E-state index in [-0.39, 0.29) is 16.9 Å². The third-order valence-corrected chi connectivity index (χ3v) is 4.52. The summed E-state index contributed by atoms with van der Waals surface area (Å²) < 4.78 is 9.55. The predicted octanol–water partition coefficient (Wildman–Crippen LogP) is 3.06. The van der Waals surface area contributed by atoms with Gasteiger partial charge in [-0.2, -0.15) is 0 Å². The highest BCUT2D eigenvalue weighted by Crippen LogP contribution is 2.35. The highest BCUT2D eigenvalue weighted by Gasteiger charge is 2.37. The van der Waals surface area contributed by atoms with Crippen LogP contribution in [0.15, 0.2) is 65.4 Å². The molecule has 2 aromatic carbocycles. The molecular weight excluding hydrogens is 374 g/mol. The minimum absolute atomic E-state index is 0.0420. The Morgan fingerprint density at radius 1 is 1.00 bits per heavy atom. The minimum atomic E-state index is -0.643. The molecule has 29 heavy (non-hydrogen) atoms. The SMILES string of the molecule is COC(=O)C1=C(C)N(c2ccc(C(=O)OC)cc2)C(=O)/C1=C\c1cccc(O)c1. The van der Waals surface area contributed by atoms with Gasteiger partial charge in [0, 0.05) is 11.4 Å². The monoisotopic (exact) mass is 393 g/mol. The second-order valence-corrected chi connectivity index (χ2v) is 6.28. The number of hydrogen-bond donors (Lipinski definition) is 1. The number of methoxy groups -OCH3 is 2. The number of amides is 1. The van der Waals surface area contributed by atoms with Crippen molar-refractivity contribution in [3.05, 3.63) is 76.5 Å². The number of rotatable bonds is 4. The van der Waals surface area contributed by atoms with Gasteiger partial charge in [0.1, 0.15) is 5.75 Å². The quantitative estimate of drug-likeness (QED) is 0.634. The molecule has 7 nitrogen and oxygen atoms in total. The number of esters is 2. The number of carbonyl (C=O) groups is 3. The maximum atomic E-state index is 13.2. The number of nitrogens with zero attached hydrogens (tertiary/aromatic N) is 1. The van der Waals surface area contributed by atoms with Crippen molar-refractivity contribution in [3.63, 3.8) is 0 Å². The van der Waals surface area contributed by atoms with E-state index in [1.54, 1.807) is 31.2 Å². The zero-order valence-electron chi connectivity index (χ0n) is 16.1. The Bertz CT molecular complexity index is 1050. The van der Waals surface area contributed by atoms with Gasteiger partial charge < -0.3 is 14.6 Å². The Balaban J connectivity index is 2.08. The Labute approximate surface area is 167 Å². The van der Waals surface area contributed by atoms with E-state index in [9.17, 15) is 19.5 Å². The number of phenols is 1. The van der Waals surface area contributed by atoms with Crippen LogP contribution in [0.3, 0.4) is 0 Å². The molecule has 1 aliphatic rings. The van der Waals surface area contributed by atoms with E-state index in [1.807, 2.05) is 0 Å². The number of aromatic hydroxyl groups is 1. The molecule has 0 unspecified atom stereocenters. The molecule has 2 aromatic rings. The maximum absolute atomic E-state index is 13.2. The summed E-state index contributed by atoms with van der Waals surface area (Å²) in [7, 11) is 2.53. The molecule has 148 valence electrons. The molecule has 1 heterocycles. The molecule has 0 fully saturated rings. The number of benzene rings is 2. The first-order chi connectivity index (χ1) is 13.9. The van der Waals surface area contributed by atoms with Gasteiger partial charge in [-0.25, -0.2) is 9.59 Å². The largest absolute Gasteiger partial charge is 0.508 e. The second kappa shape index (κ2) is 8.02. The summed E-state index contributed by atoms with van der Waals surface area (Å²) >= 11 is 0. The van der Waals surface area contributed by atoms with Gasteiger partial charge in [0.05, 0.1) is 30.9 Å². The van der Waals surface area contributed by atoms with Gasteiger partial charge in [-0.05, 0) is 55.0 Å². The maximum Gasteiger partial charge on any atom is 0.340 e. The summed E-state index contributed by atoms with van der Waals surface area (Å²) in [5.41, 5.74) is 2.08. The molecule has 0 saturated heterocycles. The van der Waals surface area contributed by atoms with Crippen LogP contribution in [0.25, 0.3) is 6.08 Å². The molecular formula is C22H19NO6. The average molecular weight is 393 g/mol. The predicted molar refractivity (Wildman–Crippen MR) is 106 cm³/mol. The van der Waals surface area contributed by atoms with Gasteiger partial charge in [0.2, 0.25) is 0 Å². The van der Waals surface area contributed by atoms with Crippen molar-refractivity contribution in [2.24, 2.45) is 0 Å². The third kappa shape index (κ3) is 3.75. The second-order valence-electron chi connectivity index (χ2n) is 6.28. The molecule has 1 aliphatic heterocycles. The Kier molecular flexibility index (Phi) is 5.50. The van der Waals surface area contributed by atoms with E-state index in [1.165, 1.54) is 49.5 Å². The zero-order chi connectivity index (χ0) is 21.1. The Morgan fingerprint density at radius 2 is 1.66 bits per heavy atom. The number of carbonyl (C=O) groups excluding carboxylic acids is 3. The summed E-state index contributed by atoms with van der Waals surface area (Å²) in [4.78, 5) is 38.6. The van der Waals surface area contributed by atoms with Crippen LogP contribution >= 0.6 is 0 Å². The smallest absolute Gasteiger partial charge is 0.340 e. The van der Waals surface area contributed by atoms with Crippen LogP contribution in [0, 0.1) is 0 Å². The highest BCUT2D eigenvalue weighted by molar-refractivity contribution is 6.23. The van der Waals surface area contributed by atoms with E-state index in [4.69, 9.17) is 4.74 Å². The van der Waals surface area contributed by atoms with E-state index in [0.29, 0.717) is 22.5 Å². The number of hydrogen-bond acceptors (Lipinski definition) is 6. The van der Waals surface area contributed by atoms with Crippen LogP contribution in [0.4, 0.5) is 5.69 Å². The molecule has 0 radical (unpaired) electrons. The lowest BCUT2D eigenvalue weighted by atomic mass is 10.0. The van der Waals surface area contributed by atoms with Gasteiger partial charge in [0.15, 0.2) is 0 Å². The standard InChI is InChI=1S/C22H19NO6/c1-13-19(22(27)29-3)18(12-14-5-4-6-17(24)11-14)20(25)23(13)16-9-7-15(8-10-16)21(26)28-2/h4-12,24H,1-3H3/b18-12-. The molecule has 0 atom stereocenters. The van der Waals surface area contributed by atoms with E-state index in [0.717, 1.165) is 0 Å². The van der Waals surface area contributed by atoms with Crippen molar-refractivity contribution in [2.45, 2.75) is 6.92 Å². The summed E-state index contributed by atoms with van der Waals surface area (Å²) in [6, 6.07) is 12.6. The minimum Gasteiger partial charge on any atom is -0.508 e. The zero-order valence-corrected chi connectivity index (χ0v) is 16.1. The molecule has 0 aliphatic carbocycles. The van der Waals surface area contributed by atoms with Crippen molar-refractivity contribution in [1.82, 2.24) is 0 Å². The number of anilines is 1. The van der Waals surface area contributed by atoms with Crippen molar-refractivity contribution in [1.29, 1.82) is 0 Å². The summed E-state index contributed by atoms with van der Waals surface area (Å²) in [5.74, 6) is -1.51. The average Bonchev–Trinajstić information content (AvgIpc) is 2.96. The van der Waals surface area contributed by atoms with E-state index < -0.39 is 17.8 Å². The van der Waals surface area contributed by atoms with Crippen molar-refractivity contribution in [2.75, 3.05) is 19.1 Å². The van der Waals surface area contributed by atoms with Gasteiger partial charge in [-0.15, -0.1) is 0 Å². The van der Waals surface area contributed by atoms with Crippen LogP contribution in [-0.2, 0) is 19.1 Å². The number of allylic oxidation sites excluding steroid dienone is 1. The van der Waals surface area contributed by atoms with Crippen molar-refractivity contribution in [3.8, 4) is 5.75 Å². The van der Waals surface area contributed by atoms with Crippen LogP contribution in [0.5, 0.6) is 5.75 Å². The lowest BCUT2D eigenvalue weighted by molar-refractivity contribution is -0.136. The first-order valence-electron chi connectivity index (χ1n) is 8.70. The molecule has 0 aromatic heterocycles. The molecule has 0 bridgehead atoms. The third-order valence-electron chi connectivity index (χ3n) is 4.52.